The van der Waals surface area contributed by atoms with Crippen LogP contribution in [0.2, 0.25) is 0 Å². The van der Waals surface area contributed by atoms with Gasteiger partial charge in [0.25, 0.3) is 0 Å². The molecule has 0 radical (unpaired) electrons. The molecule has 0 aromatic rings. The zero-order chi connectivity index (χ0) is 11.0. The molecule has 0 rings (SSSR count). The van der Waals surface area contributed by atoms with E-state index in [-0.39, 0.29) is 17.5 Å². The van der Waals surface area contributed by atoms with Gasteiger partial charge in [0.1, 0.15) is 0 Å². The molecule has 0 saturated heterocycles. The molecule has 1 unspecified atom stereocenters. The Morgan fingerprint density at radius 3 is 2.50 bits per heavy atom. The molecule has 14 heavy (non-hydrogen) atoms. The van der Waals surface area contributed by atoms with Gasteiger partial charge in [0.2, 0.25) is 0 Å². The van der Waals surface area contributed by atoms with Gasteiger partial charge in [-0.15, -0.1) is 12.3 Å². The lowest BCUT2D eigenvalue weighted by molar-refractivity contribution is 0.519. The fourth-order valence-electron chi connectivity index (χ4n) is 1.07. The standard InChI is InChI=1S/C10H19NO2S/c1-4-7-10(5-2)11-8-9-14(12,13)6-3/h1,10-11H,5-9H2,2-3H3. The highest BCUT2D eigenvalue weighted by Crippen LogP contribution is 1.96. The van der Waals surface area contributed by atoms with Crippen LogP contribution in [0.3, 0.4) is 0 Å². The van der Waals surface area contributed by atoms with Crippen molar-refractivity contribution in [2.75, 3.05) is 18.1 Å². The van der Waals surface area contributed by atoms with E-state index in [1.54, 1.807) is 6.92 Å². The number of terminal acetylenes is 1. The molecule has 0 aliphatic carbocycles. The van der Waals surface area contributed by atoms with Crippen molar-refractivity contribution < 1.29 is 8.42 Å². The molecular formula is C10H19NO2S. The monoisotopic (exact) mass is 217 g/mol. The van der Waals surface area contributed by atoms with Crippen molar-refractivity contribution >= 4 is 9.84 Å². The Labute approximate surface area is 87.2 Å². The van der Waals surface area contributed by atoms with E-state index in [0.717, 1.165) is 6.42 Å². The third kappa shape index (κ3) is 6.01. The molecule has 0 bridgehead atoms. The van der Waals surface area contributed by atoms with Crippen LogP contribution in [0.1, 0.15) is 26.7 Å². The predicted molar refractivity (Wildman–Crippen MR) is 59.9 cm³/mol. The van der Waals surface area contributed by atoms with Crippen molar-refractivity contribution in [2.24, 2.45) is 0 Å². The molecule has 0 amide bonds. The van der Waals surface area contributed by atoms with E-state index >= 15 is 0 Å². The zero-order valence-corrected chi connectivity index (χ0v) is 9.73. The Bertz CT molecular complexity index is 277. The maximum atomic E-state index is 11.1. The largest absolute Gasteiger partial charge is 0.312 e. The molecular weight excluding hydrogens is 198 g/mol. The zero-order valence-electron chi connectivity index (χ0n) is 8.91. The Balaban J connectivity index is 3.78. The molecule has 0 aromatic carbocycles. The van der Waals surface area contributed by atoms with Crippen LogP contribution in [0.15, 0.2) is 0 Å². The predicted octanol–water partition coefficient (Wildman–Crippen LogP) is 0.813. The minimum Gasteiger partial charge on any atom is -0.312 e. The Kier molecular flexibility index (Phi) is 6.60. The van der Waals surface area contributed by atoms with Crippen LogP contribution in [0.5, 0.6) is 0 Å². The first-order chi connectivity index (χ1) is 6.55. The number of hydrogen-bond donors (Lipinski definition) is 1. The van der Waals surface area contributed by atoms with Crippen LogP contribution < -0.4 is 5.32 Å². The summed E-state index contributed by atoms with van der Waals surface area (Å²) in [5.74, 6) is 2.98. The second-order valence-corrected chi connectivity index (χ2v) is 5.68. The highest BCUT2D eigenvalue weighted by molar-refractivity contribution is 7.91. The number of nitrogens with one attached hydrogen (secondary N) is 1. The van der Waals surface area contributed by atoms with Crippen LogP contribution in [-0.2, 0) is 9.84 Å². The Hall–Kier alpha value is -0.530. The molecule has 3 nitrogen and oxygen atoms in total. The molecule has 0 saturated carbocycles. The second-order valence-electron chi connectivity index (χ2n) is 3.20. The third-order valence-electron chi connectivity index (χ3n) is 2.14. The summed E-state index contributed by atoms with van der Waals surface area (Å²) >= 11 is 0. The van der Waals surface area contributed by atoms with Gasteiger partial charge in [-0.25, -0.2) is 8.42 Å². The van der Waals surface area contributed by atoms with Crippen LogP contribution >= 0.6 is 0 Å². The fraction of sp³-hybridized carbons (Fsp3) is 0.800. The van der Waals surface area contributed by atoms with Crippen molar-refractivity contribution in [3.63, 3.8) is 0 Å². The van der Waals surface area contributed by atoms with E-state index in [9.17, 15) is 8.42 Å². The van der Waals surface area contributed by atoms with Gasteiger partial charge >= 0.3 is 0 Å². The lowest BCUT2D eigenvalue weighted by Crippen LogP contribution is -2.32. The number of rotatable bonds is 7. The fourth-order valence-corrected chi connectivity index (χ4v) is 1.78. The van der Waals surface area contributed by atoms with Gasteiger partial charge in [0.05, 0.1) is 5.75 Å². The van der Waals surface area contributed by atoms with Gasteiger partial charge in [-0.05, 0) is 6.42 Å². The summed E-state index contributed by atoms with van der Waals surface area (Å²) in [5, 5.41) is 3.14. The van der Waals surface area contributed by atoms with Gasteiger partial charge in [-0.3, -0.25) is 0 Å². The van der Waals surface area contributed by atoms with Crippen LogP contribution in [-0.4, -0.2) is 32.5 Å². The SMILES string of the molecule is C#CCC(CC)NCCS(=O)(=O)CC. The van der Waals surface area contributed by atoms with Crippen molar-refractivity contribution in [3.05, 3.63) is 0 Å². The molecule has 0 aliphatic rings. The molecule has 1 atom stereocenters. The maximum Gasteiger partial charge on any atom is 0.151 e. The summed E-state index contributed by atoms with van der Waals surface area (Å²) in [4.78, 5) is 0. The summed E-state index contributed by atoms with van der Waals surface area (Å²) in [5.41, 5.74) is 0. The number of hydrogen-bond acceptors (Lipinski definition) is 3. The van der Waals surface area contributed by atoms with E-state index in [1.807, 2.05) is 6.92 Å². The Morgan fingerprint density at radius 1 is 1.43 bits per heavy atom. The number of sulfone groups is 1. The van der Waals surface area contributed by atoms with E-state index in [1.165, 1.54) is 0 Å². The quantitative estimate of drug-likeness (QED) is 0.642. The molecule has 0 aliphatic heterocycles. The van der Waals surface area contributed by atoms with Gasteiger partial charge in [0.15, 0.2) is 9.84 Å². The molecule has 0 aromatic heterocycles. The molecule has 82 valence electrons. The first kappa shape index (κ1) is 13.5. The Morgan fingerprint density at radius 2 is 2.07 bits per heavy atom. The van der Waals surface area contributed by atoms with Gasteiger partial charge in [0, 0.05) is 24.8 Å². The third-order valence-corrected chi connectivity index (χ3v) is 3.85. The molecule has 0 spiro atoms. The van der Waals surface area contributed by atoms with E-state index < -0.39 is 9.84 Å². The van der Waals surface area contributed by atoms with Gasteiger partial charge < -0.3 is 5.32 Å². The van der Waals surface area contributed by atoms with Crippen molar-refractivity contribution in [3.8, 4) is 12.3 Å². The van der Waals surface area contributed by atoms with Crippen LogP contribution in [0.4, 0.5) is 0 Å². The second kappa shape index (κ2) is 6.86. The topological polar surface area (TPSA) is 46.2 Å². The van der Waals surface area contributed by atoms with E-state index in [2.05, 4.69) is 11.2 Å². The van der Waals surface area contributed by atoms with E-state index in [4.69, 9.17) is 6.42 Å². The van der Waals surface area contributed by atoms with Crippen molar-refractivity contribution in [1.82, 2.24) is 5.32 Å². The molecule has 1 N–H and O–H groups in total. The minimum absolute atomic E-state index is 0.199. The summed E-state index contributed by atoms with van der Waals surface area (Å²) in [6.07, 6.45) is 6.76. The van der Waals surface area contributed by atoms with Crippen LogP contribution in [0.25, 0.3) is 0 Å². The smallest absolute Gasteiger partial charge is 0.151 e. The first-order valence-electron chi connectivity index (χ1n) is 4.93. The molecule has 0 heterocycles. The highest BCUT2D eigenvalue weighted by atomic mass is 32.2. The minimum atomic E-state index is -2.85. The molecule has 0 fully saturated rings. The summed E-state index contributed by atoms with van der Waals surface area (Å²) < 4.78 is 22.3. The van der Waals surface area contributed by atoms with Crippen molar-refractivity contribution in [2.45, 2.75) is 32.7 Å². The maximum absolute atomic E-state index is 11.1. The van der Waals surface area contributed by atoms with Gasteiger partial charge in [-0.1, -0.05) is 13.8 Å². The lowest BCUT2D eigenvalue weighted by Gasteiger charge is -2.13. The molecule has 4 heteroatoms. The average molecular weight is 217 g/mol. The van der Waals surface area contributed by atoms with Gasteiger partial charge in [-0.2, -0.15) is 0 Å². The van der Waals surface area contributed by atoms with Crippen molar-refractivity contribution in [1.29, 1.82) is 0 Å². The van der Waals surface area contributed by atoms with Crippen LogP contribution in [0, 0.1) is 12.3 Å². The first-order valence-corrected chi connectivity index (χ1v) is 6.75. The highest BCUT2D eigenvalue weighted by Gasteiger charge is 2.08. The van der Waals surface area contributed by atoms with E-state index in [0.29, 0.717) is 13.0 Å². The summed E-state index contributed by atoms with van der Waals surface area (Å²) in [6, 6.07) is 0.243. The summed E-state index contributed by atoms with van der Waals surface area (Å²) in [6.45, 7) is 4.19. The normalized spacial score (nSPS) is 13.5. The lowest BCUT2D eigenvalue weighted by atomic mass is 10.1. The average Bonchev–Trinajstić information content (AvgIpc) is 2.16. The summed E-state index contributed by atoms with van der Waals surface area (Å²) in [7, 11) is -2.85.